The number of rotatable bonds is 3. The third kappa shape index (κ3) is 2.95. The van der Waals surface area contributed by atoms with Crippen molar-refractivity contribution in [3.8, 4) is 22.3 Å². The van der Waals surface area contributed by atoms with E-state index in [1.807, 2.05) is 72.8 Å². The van der Waals surface area contributed by atoms with E-state index in [9.17, 15) is 0 Å². The van der Waals surface area contributed by atoms with Crippen molar-refractivity contribution in [3.05, 3.63) is 167 Å². The third-order valence-corrected chi connectivity index (χ3v) is 7.35. The van der Waals surface area contributed by atoms with Gasteiger partial charge in [0.15, 0.2) is 0 Å². The molecule has 0 saturated heterocycles. The largest absolute Gasteiger partial charge is 0.0843 e. The standard InChI is InChI=1S/C35H23Cl/c36-27-16-9-15-26(23-27)35(25-13-2-1-3-14-25)32-21-7-6-18-31(32)34-30(20-10-22-33(34)35)29-19-8-12-24-11-4-5-17-28(24)29/h1-23H/i4D,5D,8D,11D,12D,17D,19D. The highest BCUT2D eigenvalue weighted by Gasteiger charge is 2.46. The highest BCUT2D eigenvalue weighted by molar-refractivity contribution is 6.30. The molecule has 0 N–H and O–H groups in total. The van der Waals surface area contributed by atoms with E-state index in [1.54, 1.807) is 0 Å². The molecule has 36 heavy (non-hydrogen) atoms. The highest BCUT2D eigenvalue weighted by atomic mass is 35.5. The lowest BCUT2D eigenvalue weighted by molar-refractivity contribution is 0.768. The molecule has 1 aliphatic carbocycles. The van der Waals surface area contributed by atoms with Gasteiger partial charge in [-0.05, 0) is 67.4 Å². The van der Waals surface area contributed by atoms with Gasteiger partial charge >= 0.3 is 0 Å². The summed E-state index contributed by atoms with van der Waals surface area (Å²) < 4.78 is 60.5. The molecule has 1 unspecified atom stereocenters. The average Bonchev–Trinajstić information content (AvgIpc) is 3.33. The fourth-order valence-corrected chi connectivity index (χ4v) is 5.94. The minimum absolute atomic E-state index is 0.0601. The molecule has 170 valence electrons. The zero-order valence-corrected chi connectivity index (χ0v) is 19.9. The number of fused-ring (bicyclic) bond motifs is 4. The molecule has 0 spiro atoms. The number of hydrogen-bond acceptors (Lipinski definition) is 0. The van der Waals surface area contributed by atoms with Crippen LogP contribution in [-0.2, 0) is 5.41 Å². The van der Waals surface area contributed by atoms with Gasteiger partial charge in [0.1, 0.15) is 0 Å². The summed E-state index contributed by atoms with van der Waals surface area (Å²) in [6, 6.07) is 29.1. The first kappa shape index (κ1) is 15.1. The van der Waals surface area contributed by atoms with Crippen LogP contribution >= 0.6 is 11.6 Å². The molecule has 0 nitrogen and oxygen atoms in total. The smallest absolute Gasteiger partial charge is 0.0714 e. The van der Waals surface area contributed by atoms with Crippen LogP contribution in [0.3, 0.4) is 0 Å². The molecular weight excluding hydrogens is 456 g/mol. The Morgan fingerprint density at radius 2 is 1.25 bits per heavy atom. The van der Waals surface area contributed by atoms with Crippen molar-refractivity contribution >= 4 is 22.4 Å². The first-order chi connectivity index (χ1) is 20.7. The van der Waals surface area contributed by atoms with Gasteiger partial charge in [-0.1, -0.05) is 139 Å². The zero-order valence-electron chi connectivity index (χ0n) is 26.1. The van der Waals surface area contributed by atoms with E-state index in [2.05, 4.69) is 24.3 Å². The van der Waals surface area contributed by atoms with E-state index < -0.39 is 17.5 Å². The van der Waals surface area contributed by atoms with Crippen LogP contribution in [0.25, 0.3) is 33.0 Å². The molecule has 1 atom stereocenters. The zero-order chi connectivity index (χ0) is 30.2. The van der Waals surface area contributed by atoms with Gasteiger partial charge in [0.05, 0.1) is 15.0 Å². The molecule has 0 fully saturated rings. The molecule has 0 aliphatic heterocycles. The van der Waals surface area contributed by atoms with Crippen LogP contribution in [0.15, 0.2) is 139 Å². The molecule has 6 aromatic rings. The Labute approximate surface area is 226 Å². The maximum atomic E-state index is 9.07. The van der Waals surface area contributed by atoms with Crippen LogP contribution in [0.4, 0.5) is 0 Å². The lowest BCUT2D eigenvalue weighted by atomic mass is 9.67. The Bertz CT molecular complexity index is 2120. The average molecular weight is 486 g/mol. The Morgan fingerprint density at radius 1 is 0.556 bits per heavy atom. The first-order valence-electron chi connectivity index (χ1n) is 15.2. The molecule has 1 aliphatic rings. The summed E-state index contributed by atoms with van der Waals surface area (Å²) >= 11 is 6.60. The van der Waals surface area contributed by atoms with E-state index >= 15 is 0 Å². The topological polar surface area (TPSA) is 0 Å². The Balaban J connectivity index is 1.70. The van der Waals surface area contributed by atoms with E-state index in [-0.39, 0.29) is 46.5 Å². The summed E-state index contributed by atoms with van der Waals surface area (Å²) in [5.74, 6) is 0. The third-order valence-electron chi connectivity index (χ3n) is 7.12. The van der Waals surface area contributed by atoms with Crippen LogP contribution in [0.5, 0.6) is 0 Å². The van der Waals surface area contributed by atoms with Gasteiger partial charge in [-0.25, -0.2) is 0 Å². The van der Waals surface area contributed by atoms with Crippen LogP contribution < -0.4 is 0 Å². The fraction of sp³-hybridized carbons (Fsp3) is 0.0286. The first-order valence-corrected chi connectivity index (χ1v) is 12.1. The van der Waals surface area contributed by atoms with Gasteiger partial charge in [0.2, 0.25) is 0 Å². The molecular formula is C35H23Cl. The molecule has 0 heterocycles. The van der Waals surface area contributed by atoms with E-state index in [0.29, 0.717) is 10.6 Å². The van der Waals surface area contributed by atoms with Gasteiger partial charge < -0.3 is 0 Å². The van der Waals surface area contributed by atoms with Crippen molar-refractivity contribution in [2.75, 3.05) is 0 Å². The van der Waals surface area contributed by atoms with Gasteiger partial charge in [0, 0.05) is 5.02 Å². The maximum Gasteiger partial charge on any atom is 0.0714 e. The van der Waals surface area contributed by atoms with Crippen molar-refractivity contribution < 1.29 is 9.60 Å². The molecule has 6 aromatic carbocycles. The van der Waals surface area contributed by atoms with Crippen LogP contribution in [0, 0.1) is 0 Å². The molecule has 0 amide bonds. The predicted octanol–water partition coefficient (Wildman–Crippen LogP) is 9.52. The minimum atomic E-state index is -0.787. The number of hydrogen-bond donors (Lipinski definition) is 0. The molecule has 0 aromatic heterocycles. The number of benzene rings is 6. The quantitative estimate of drug-likeness (QED) is 0.233. The normalized spacial score (nSPS) is 18.8. The van der Waals surface area contributed by atoms with Gasteiger partial charge in [-0.15, -0.1) is 0 Å². The van der Waals surface area contributed by atoms with Crippen LogP contribution in [0.1, 0.15) is 31.8 Å². The maximum absolute atomic E-state index is 9.07. The lowest BCUT2D eigenvalue weighted by Gasteiger charge is -2.34. The second-order valence-corrected chi connectivity index (χ2v) is 9.34. The summed E-state index contributed by atoms with van der Waals surface area (Å²) in [6.07, 6.45) is 0. The van der Waals surface area contributed by atoms with Crippen LogP contribution in [0.2, 0.25) is 5.02 Å². The molecule has 0 saturated carbocycles. The van der Waals surface area contributed by atoms with Crippen molar-refractivity contribution in [2.45, 2.75) is 5.41 Å². The summed E-state index contributed by atoms with van der Waals surface area (Å²) in [4.78, 5) is 0. The van der Waals surface area contributed by atoms with Crippen LogP contribution in [-0.4, -0.2) is 0 Å². The minimum Gasteiger partial charge on any atom is -0.0843 e. The molecule has 0 radical (unpaired) electrons. The van der Waals surface area contributed by atoms with Crippen molar-refractivity contribution in [1.82, 2.24) is 0 Å². The second kappa shape index (κ2) is 8.22. The Hall–Kier alpha value is -4.13. The van der Waals surface area contributed by atoms with E-state index in [1.165, 1.54) is 0 Å². The monoisotopic (exact) mass is 485 g/mol. The molecule has 0 bridgehead atoms. The summed E-state index contributed by atoms with van der Waals surface area (Å²) in [6.45, 7) is 0. The summed E-state index contributed by atoms with van der Waals surface area (Å²) in [5.41, 5.74) is 5.61. The predicted molar refractivity (Wildman–Crippen MR) is 152 cm³/mol. The molecule has 1 heteroatoms. The lowest BCUT2D eigenvalue weighted by Crippen LogP contribution is -2.28. The highest BCUT2D eigenvalue weighted by Crippen LogP contribution is 2.58. The second-order valence-electron chi connectivity index (χ2n) is 8.90. The number of halogens is 1. The van der Waals surface area contributed by atoms with Crippen molar-refractivity contribution in [2.24, 2.45) is 0 Å². The van der Waals surface area contributed by atoms with Gasteiger partial charge in [-0.3, -0.25) is 0 Å². The van der Waals surface area contributed by atoms with Crippen molar-refractivity contribution in [3.63, 3.8) is 0 Å². The van der Waals surface area contributed by atoms with E-state index in [4.69, 9.17) is 21.2 Å². The Morgan fingerprint density at radius 3 is 2.14 bits per heavy atom. The Kier molecular flexibility index (Phi) is 3.45. The van der Waals surface area contributed by atoms with E-state index in [0.717, 1.165) is 33.4 Å². The van der Waals surface area contributed by atoms with Crippen molar-refractivity contribution in [1.29, 1.82) is 0 Å². The summed E-state index contributed by atoms with van der Waals surface area (Å²) in [5, 5.41) is 0.605. The van der Waals surface area contributed by atoms with Gasteiger partial charge in [0.25, 0.3) is 0 Å². The van der Waals surface area contributed by atoms with Gasteiger partial charge in [-0.2, -0.15) is 0 Å². The molecule has 7 rings (SSSR count). The summed E-state index contributed by atoms with van der Waals surface area (Å²) in [7, 11) is 0. The fourth-order valence-electron chi connectivity index (χ4n) is 5.75. The SMILES string of the molecule is [2H]c1c([2H])c([2H])c2c(-c3cccc4c3-c3ccccc3C4(c3ccccc3)c3cccc(Cl)c3)c([2H])c([2H])c([2H])c2c1[2H].